The number of rotatable bonds is 25. The van der Waals surface area contributed by atoms with Gasteiger partial charge in [0.05, 0.1) is 12.5 Å². The fourth-order valence-electron chi connectivity index (χ4n) is 7.13. The van der Waals surface area contributed by atoms with Crippen LogP contribution in [0.2, 0.25) is 0 Å². The van der Waals surface area contributed by atoms with Gasteiger partial charge >= 0.3 is 0 Å². The van der Waals surface area contributed by atoms with E-state index in [1.807, 2.05) is 0 Å². The van der Waals surface area contributed by atoms with E-state index in [1.54, 1.807) is 0 Å². The lowest BCUT2D eigenvalue weighted by Gasteiger charge is -2.37. The minimum atomic E-state index is 0.0129. The predicted octanol–water partition coefficient (Wildman–Crippen LogP) is 12.0. The summed E-state index contributed by atoms with van der Waals surface area (Å²) in [5.41, 5.74) is 2.88. The monoisotopic (exact) mass is 586 g/mol. The van der Waals surface area contributed by atoms with Gasteiger partial charge in [-0.1, -0.05) is 184 Å². The molecule has 238 valence electrons. The minimum absolute atomic E-state index is 0.0129. The summed E-state index contributed by atoms with van der Waals surface area (Å²) in [6.07, 6.45) is 31.9. The summed E-state index contributed by atoms with van der Waals surface area (Å²) in [5.74, 6) is 1.85. The van der Waals surface area contributed by atoms with Crippen molar-refractivity contribution >= 4 is 0 Å². The molecule has 3 rings (SSSR count). The molecule has 0 fully saturated rings. The van der Waals surface area contributed by atoms with Crippen LogP contribution in [0.1, 0.15) is 166 Å². The standard InChI is InChI=1S/C41H64N2/c1-4-6-8-9-10-11-12-13-14-15-16-17-18-19-20-27-34-43-35-33-42-40(43)39(32-7-5-2)41(3,38-30-25-22-26-31-38)36-37-28-23-21-24-29-37/h21-26,28-31,33,35,39H,4-20,27,32,34,36H2,1-3H3/p+1. The number of unbranched alkanes of at least 4 members (excludes halogenated alkanes) is 16. The van der Waals surface area contributed by atoms with E-state index >= 15 is 0 Å². The van der Waals surface area contributed by atoms with Gasteiger partial charge < -0.3 is 0 Å². The average Bonchev–Trinajstić information content (AvgIpc) is 3.50. The van der Waals surface area contributed by atoms with Crippen molar-refractivity contribution < 1.29 is 4.57 Å². The lowest BCUT2D eigenvalue weighted by molar-refractivity contribution is -0.705. The fraction of sp³-hybridized carbons (Fsp3) is 0.634. The first-order valence-electron chi connectivity index (χ1n) is 18.3. The predicted molar refractivity (Wildman–Crippen MR) is 187 cm³/mol. The quantitative estimate of drug-likeness (QED) is 0.0753. The smallest absolute Gasteiger partial charge is 0.247 e. The molecule has 3 aromatic rings. The lowest BCUT2D eigenvalue weighted by atomic mass is 9.66. The Kier molecular flexibility index (Phi) is 17.5. The molecule has 2 heteroatoms. The van der Waals surface area contributed by atoms with Gasteiger partial charge in [-0.2, -0.15) is 0 Å². The van der Waals surface area contributed by atoms with Gasteiger partial charge in [0.1, 0.15) is 12.4 Å². The number of nitrogens with zero attached hydrogens (tertiary/aromatic N) is 1. The Bertz CT molecular complexity index is 1060. The molecule has 0 bridgehead atoms. The second-order valence-electron chi connectivity index (χ2n) is 13.5. The van der Waals surface area contributed by atoms with Crippen molar-refractivity contribution in [3.05, 3.63) is 90.0 Å². The molecule has 0 aliphatic rings. The summed E-state index contributed by atoms with van der Waals surface area (Å²) < 4.78 is 2.55. The van der Waals surface area contributed by atoms with Gasteiger partial charge in [0.2, 0.25) is 0 Å². The van der Waals surface area contributed by atoms with Crippen molar-refractivity contribution in [1.29, 1.82) is 0 Å². The zero-order valence-corrected chi connectivity index (χ0v) is 28.3. The summed E-state index contributed by atoms with van der Waals surface area (Å²) >= 11 is 0. The molecule has 0 saturated heterocycles. The largest absolute Gasteiger partial charge is 0.258 e. The molecule has 0 amide bonds. The lowest BCUT2D eigenvalue weighted by Crippen LogP contribution is -2.43. The number of H-pyrrole nitrogens is 1. The molecule has 0 radical (unpaired) electrons. The third kappa shape index (κ3) is 12.7. The van der Waals surface area contributed by atoms with Gasteiger partial charge in [0.15, 0.2) is 0 Å². The second kappa shape index (κ2) is 21.4. The van der Waals surface area contributed by atoms with E-state index in [9.17, 15) is 0 Å². The Labute approximate surface area is 266 Å². The fourth-order valence-corrected chi connectivity index (χ4v) is 7.13. The van der Waals surface area contributed by atoms with Crippen LogP contribution in [0.25, 0.3) is 0 Å². The molecule has 0 aliphatic carbocycles. The van der Waals surface area contributed by atoms with E-state index in [1.165, 1.54) is 139 Å². The molecule has 2 atom stereocenters. The molecule has 43 heavy (non-hydrogen) atoms. The van der Waals surface area contributed by atoms with Crippen molar-refractivity contribution in [2.75, 3.05) is 0 Å². The first kappa shape index (κ1) is 35.1. The molecule has 0 saturated carbocycles. The van der Waals surface area contributed by atoms with E-state index in [2.05, 4.69) is 103 Å². The molecule has 1 heterocycles. The van der Waals surface area contributed by atoms with Crippen molar-refractivity contribution in [3.63, 3.8) is 0 Å². The number of aromatic nitrogens is 2. The second-order valence-corrected chi connectivity index (χ2v) is 13.5. The highest BCUT2D eigenvalue weighted by atomic mass is 15.1. The number of benzene rings is 2. The maximum absolute atomic E-state index is 3.74. The van der Waals surface area contributed by atoms with Crippen LogP contribution in [0.15, 0.2) is 73.1 Å². The van der Waals surface area contributed by atoms with E-state index in [4.69, 9.17) is 0 Å². The summed E-state index contributed by atoms with van der Waals surface area (Å²) in [6.45, 7) is 8.26. The maximum Gasteiger partial charge on any atom is 0.258 e. The summed E-state index contributed by atoms with van der Waals surface area (Å²) in [7, 11) is 0. The SMILES string of the molecule is CCCCCCCCCCCCCCCCCC[n+]1cc[nH]c1C(CCCC)C(C)(Cc1ccccc1)c1ccccc1. The summed E-state index contributed by atoms with van der Waals surface area (Å²) in [6, 6.07) is 22.4. The maximum atomic E-state index is 3.74. The highest BCUT2D eigenvalue weighted by Crippen LogP contribution is 2.43. The number of imidazole rings is 1. The Morgan fingerprint density at radius 1 is 0.605 bits per heavy atom. The van der Waals surface area contributed by atoms with Crippen LogP contribution in [0.4, 0.5) is 0 Å². The molecule has 0 aliphatic heterocycles. The first-order valence-corrected chi connectivity index (χ1v) is 18.3. The highest BCUT2D eigenvalue weighted by molar-refractivity contribution is 5.32. The molecule has 1 aromatic heterocycles. The summed E-state index contributed by atoms with van der Waals surface area (Å²) in [5, 5.41) is 0. The number of hydrogen-bond acceptors (Lipinski definition) is 0. The molecule has 0 spiro atoms. The van der Waals surface area contributed by atoms with Crippen molar-refractivity contribution in [2.24, 2.45) is 0 Å². The van der Waals surface area contributed by atoms with Gasteiger partial charge in [-0.25, -0.2) is 9.55 Å². The first-order chi connectivity index (χ1) is 21.2. The Morgan fingerprint density at radius 2 is 1.09 bits per heavy atom. The number of aromatic amines is 1. The molecule has 2 unspecified atom stereocenters. The van der Waals surface area contributed by atoms with Crippen LogP contribution < -0.4 is 4.57 Å². The number of nitrogens with one attached hydrogen (secondary N) is 1. The zero-order chi connectivity index (χ0) is 30.4. The van der Waals surface area contributed by atoms with Gasteiger partial charge in [-0.05, 0) is 36.8 Å². The van der Waals surface area contributed by atoms with Crippen LogP contribution in [0, 0.1) is 0 Å². The van der Waals surface area contributed by atoms with Gasteiger partial charge in [-0.3, -0.25) is 0 Å². The highest BCUT2D eigenvalue weighted by Gasteiger charge is 2.41. The van der Waals surface area contributed by atoms with E-state index < -0.39 is 0 Å². The third-order valence-electron chi connectivity index (χ3n) is 9.84. The number of hydrogen-bond donors (Lipinski definition) is 1. The Balaban J connectivity index is 1.46. The number of aryl methyl sites for hydroxylation is 1. The average molecular weight is 586 g/mol. The van der Waals surface area contributed by atoms with Crippen molar-refractivity contribution in [1.82, 2.24) is 4.98 Å². The van der Waals surface area contributed by atoms with E-state index in [0.29, 0.717) is 5.92 Å². The Hall–Kier alpha value is -2.35. The van der Waals surface area contributed by atoms with Crippen LogP contribution in [-0.4, -0.2) is 4.98 Å². The van der Waals surface area contributed by atoms with Crippen LogP contribution >= 0.6 is 0 Å². The van der Waals surface area contributed by atoms with Crippen molar-refractivity contribution in [2.45, 2.75) is 167 Å². The normalized spacial score (nSPS) is 13.7. The minimum Gasteiger partial charge on any atom is -0.247 e. The zero-order valence-electron chi connectivity index (χ0n) is 28.3. The molecule has 1 N–H and O–H groups in total. The van der Waals surface area contributed by atoms with Gasteiger partial charge in [-0.15, -0.1) is 0 Å². The van der Waals surface area contributed by atoms with Crippen LogP contribution in [0.3, 0.4) is 0 Å². The molecule has 2 nitrogen and oxygen atoms in total. The Morgan fingerprint density at radius 3 is 1.63 bits per heavy atom. The molecular weight excluding hydrogens is 520 g/mol. The molecular formula is C41H65N2+. The summed E-state index contributed by atoms with van der Waals surface area (Å²) in [4.78, 5) is 3.74. The van der Waals surface area contributed by atoms with Crippen molar-refractivity contribution in [3.8, 4) is 0 Å². The van der Waals surface area contributed by atoms with Crippen LogP contribution in [0.5, 0.6) is 0 Å². The van der Waals surface area contributed by atoms with Gasteiger partial charge in [0.25, 0.3) is 5.82 Å². The topological polar surface area (TPSA) is 19.7 Å². The van der Waals surface area contributed by atoms with Gasteiger partial charge in [0, 0.05) is 5.41 Å². The molecule has 2 aromatic carbocycles. The third-order valence-corrected chi connectivity index (χ3v) is 9.84. The van der Waals surface area contributed by atoms with E-state index in [0.717, 1.165) is 13.0 Å². The van der Waals surface area contributed by atoms with E-state index in [-0.39, 0.29) is 5.41 Å². The van der Waals surface area contributed by atoms with Crippen LogP contribution in [-0.2, 0) is 18.4 Å².